The molecule has 0 bridgehead atoms. The van der Waals surface area contributed by atoms with E-state index in [1.807, 2.05) is 13.8 Å². The summed E-state index contributed by atoms with van der Waals surface area (Å²) in [5, 5.41) is 0.595. The van der Waals surface area contributed by atoms with Crippen LogP contribution in [0.2, 0.25) is 0 Å². The van der Waals surface area contributed by atoms with Crippen LogP contribution in [0.4, 0.5) is 5.69 Å². The molecule has 0 radical (unpaired) electrons. The van der Waals surface area contributed by atoms with Gasteiger partial charge in [-0.1, -0.05) is 15.9 Å². The van der Waals surface area contributed by atoms with Crippen molar-refractivity contribution in [1.29, 1.82) is 0 Å². The van der Waals surface area contributed by atoms with E-state index in [4.69, 9.17) is 5.73 Å². The summed E-state index contributed by atoms with van der Waals surface area (Å²) < 4.78 is 25.4. The molecule has 19 heavy (non-hydrogen) atoms. The van der Waals surface area contributed by atoms with Crippen molar-refractivity contribution in [1.82, 2.24) is 4.98 Å². The third-order valence-electron chi connectivity index (χ3n) is 2.69. The largest absolute Gasteiger partial charge is 0.398 e. The van der Waals surface area contributed by atoms with Crippen LogP contribution >= 0.6 is 27.3 Å². The number of hydrogen-bond acceptors (Lipinski definition) is 5. The zero-order chi connectivity index (χ0) is 14.2. The van der Waals surface area contributed by atoms with Crippen molar-refractivity contribution in [2.24, 2.45) is 0 Å². The number of nitrogen functional groups attached to an aromatic ring is 1. The molecule has 0 amide bonds. The number of anilines is 1. The summed E-state index contributed by atoms with van der Waals surface area (Å²) in [5.41, 5.74) is 6.89. The van der Waals surface area contributed by atoms with Gasteiger partial charge in [0.15, 0.2) is 9.84 Å². The third kappa shape index (κ3) is 3.16. The predicted octanol–water partition coefficient (Wildman–Crippen LogP) is 3.08. The average Bonchev–Trinajstić information content (AvgIpc) is 2.56. The molecule has 4 nitrogen and oxygen atoms in total. The molecule has 0 atom stereocenters. The number of aryl methyl sites for hydroxylation is 2. The molecule has 0 aliphatic heterocycles. The van der Waals surface area contributed by atoms with Gasteiger partial charge in [-0.25, -0.2) is 13.4 Å². The van der Waals surface area contributed by atoms with Gasteiger partial charge in [-0.15, -0.1) is 11.3 Å². The Morgan fingerprint density at radius 1 is 1.37 bits per heavy atom. The molecule has 2 rings (SSSR count). The second kappa shape index (κ2) is 5.22. The van der Waals surface area contributed by atoms with E-state index in [0.29, 0.717) is 5.01 Å². The van der Waals surface area contributed by atoms with E-state index in [2.05, 4.69) is 20.9 Å². The molecular formula is C12H13BrN2O2S2. The van der Waals surface area contributed by atoms with Crippen LogP contribution in [0.15, 0.2) is 27.6 Å². The first-order valence-corrected chi connectivity index (χ1v) is 8.76. The highest BCUT2D eigenvalue weighted by molar-refractivity contribution is 9.10. The van der Waals surface area contributed by atoms with Gasteiger partial charge in [0.05, 0.1) is 16.3 Å². The molecule has 2 N–H and O–H groups in total. The molecule has 0 saturated carbocycles. The van der Waals surface area contributed by atoms with E-state index < -0.39 is 9.84 Å². The maximum absolute atomic E-state index is 12.3. The Hall–Kier alpha value is -0.920. The van der Waals surface area contributed by atoms with Crippen molar-refractivity contribution in [2.75, 3.05) is 5.73 Å². The van der Waals surface area contributed by atoms with Gasteiger partial charge in [-0.3, -0.25) is 0 Å². The summed E-state index contributed by atoms with van der Waals surface area (Å²) in [6.45, 7) is 3.80. The van der Waals surface area contributed by atoms with Crippen LogP contribution in [-0.4, -0.2) is 13.4 Å². The quantitative estimate of drug-likeness (QED) is 0.853. The minimum atomic E-state index is -3.46. The van der Waals surface area contributed by atoms with Gasteiger partial charge in [0.1, 0.15) is 10.8 Å². The molecular weight excluding hydrogens is 348 g/mol. The summed E-state index contributed by atoms with van der Waals surface area (Å²) in [7, 11) is -3.46. The molecule has 102 valence electrons. The molecule has 0 aliphatic carbocycles. The number of halogens is 1. The van der Waals surface area contributed by atoms with Crippen molar-refractivity contribution in [3.63, 3.8) is 0 Å². The van der Waals surface area contributed by atoms with Crippen LogP contribution in [-0.2, 0) is 15.6 Å². The van der Waals surface area contributed by atoms with Gasteiger partial charge in [-0.2, -0.15) is 0 Å². The lowest BCUT2D eigenvalue weighted by Gasteiger charge is -2.06. The summed E-state index contributed by atoms with van der Waals surface area (Å²) >= 11 is 4.66. The molecule has 1 aromatic carbocycles. The van der Waals surface area contributed by atoms with Gasteiger partial charge in [-0.05, 0) is 32.0 Å². The minimum absolute atomic E-state index is 0.113. The smallest absolute Gasteiger partial charge is 0.186 e. The molecule has 7 heteroatoms. The first-order valence-electron chi connectivity index (χ1n) is 5.50. The van der Waals surface area contributed by atoms with Gasteiger partial charge >= 0.3 is 0 Å². The van der Waals surface area contributed by atoms with Gasteiger partial charge in [0.2, 0.25) is 0 Å². The fourth-order valence-corrected chi connectivity index (χ4v) is 4.69. The van der Waals surface area contributed by atoms with Crippen LogP contribution in [0.1, 0.15) is 15.6 Å². The molecule has 0 unspecified atom stereocenters. The van der Waals surface area contributed by atoms with Gasteiger partial charge < -0.3 is 5.73 Å². The number of benzene rings is 1. The Morgan fingerprint density at radius 2 is 2.05 bits per heavy atom. The summed E-state index contributed by atoms with van der Waals surface area (Å²) in [5.74, 6) is -0.113. The summed E-state index contributed by atoms with van der Waals surface area (Å²) in [6.07, 6.45) is 0. The summed E-state index contributed by atoms with van der Waals surface area (Å²) in [4.78, 5) is 5.45. The number of sulfone groups is 1. The van der Waals surface area contributed by atoms with Crippen LogP contribution < -0.4 is 5.73 Å². The van der Waals surface area contributed by atoms with Crippen LogP contribution in [0, 0.1) is 13.8 Å². The highest BCUT2D eigenvalue weighted by atomic mass is 79.9. The molecule has 1 heterocycles. The lowest BCUT2D eigenvalue weighted by molar-refractivity contribution is 0.595. The monoisotopic (exact) mass is 360 g/mol. The Morgan fingerprint density at radius 3 is 2.58 bits per heavy atom. The zero-order valence-corrected chi connectivity index (χ0v) is 13.7. The normalized spacial score (nSPS) is 11.7. The van der Waals surface area contributed by atoms with Crippen molar-refractivity contribution >= 4 is 42.8 Å². The van der Waals surface area contributed by atoms with Gasteiger partial charge in [0.25, 0.3) is 0 Å². The van der Waals surface area contributed by atoms with E-state index >= 15 is 0 Å². The predicted molar refractivity (Wildman–Crippen MR) is 81.0 cm³/mol. The zero-order valence-electron chi connectivity index (χ0n) is 10.5. The summed E-state index contributed by atoms with van der Waals surface area (Å²) in [6, 6.07) is 4.77. The Kier molecular flexibility index (Phi) is 3.98. The standard InChI is InChI=1S/C12H13BrN2O2S2/c1-7-8(2)18-12(15-7)6-19(16,17)11-4-3-9(13)5-10(11)14/h3-5H,6,14H2,1-2H3. The first-order chi connectivity index (χ1) is 8.79. The Bertz CT molecular complexity index is 704. The number of nitrogens with two attached hydrogens (primary N) is 1. The number of aromatic nitrogens is 1. The Labute approximate surface area is 124 Å². The third-order valence-corrected chi connectivity index (χ3v) is 6.14. The van der Waals surface area contributed by atoms with Gasteiger partial charge in [0, 0.05) is 9.35 Å². The van der Waals surface area contributed by atoms with E-state index in [1.54, 1.807) is 12.1 Å². The minimum Gasteiger partial charge on any atom is -0.398 e. The van der Waals surface area contributed by atoms with Crippen LogP contribution in [0.25, 0.3) is 0 Å². The SMILES string of the molecule is Cc1nc(CS(=O)(=O)c2ccc(Br)cc2N)sc1C. The topological polar surface area (TPSA) is 73.0 Å². The van der Waals surface area contributed by atoms with Crippen LogP contribution in [0.5, 0.6) is 0 Å². The van der Waals surface area contributed by atoms with Crippen molar-refractivity contribution < 1.29 is 8.42 Å². The molecule has 2 aromatic rings. The van der Waals surface area contributed by atoms with E-state index in [1.165, 1.54) is 17.4 Å². The van der Waals surface area contributed by atoms with E-state index in [0.717, 1.165) is 15.0 Å². The number of nitrogens with zero attached hydrogens (tertiary/aromatic N) is 1. The number of hydrogen-bond donors (Lipinski definition) is 1. The number of thiazole rings is 1. The first kappa shape index (κ1) is 14.5. The van der Waals surface area contributed by atoms with Crippen molar-refractivity contribution in [3.05, 3.63) is 38.3 Å². The lowest BCUT2D eigenvalue weighted by atomic mass is 10.3. The maximum atomic E-state index is 12.3. The van der Waals surface area contributed by atoms with Crippen molar-refractivity contribution in [3.8, 4) is 0 Å². The second-order valence-electron chi connectivity index (χ2n) is 4.19. The van der Waals surface area contributed by atoms with E-state index in [9.17, 15) is 8.42 Å². The Balaban J connectivity index is 2.37. The molecule has 0 aliphatic rings. The molecule has 1 aromatic heterocycles. The molecule has 0 saturated heterocycles. The highest BCUT2D eigenvalue weighted by Gasteiger charge is 2.20. The molecule has 0 spiro atoms. The maximum Gasteiger partial charge on any atom is 0.186 e. The fourth-order valence-electron chi connectivity index (χ4n) is 1.64. The second-order valence-corrected chi connectivity index (χ2v) is 8.35. The fraction of sp³-hybridized carbons (Fsp3) is 0.250. The van der Waals surface area contributed by atoms with Crippen molar-refractivity contribution in [2.45, 2.75) is 24.5 Å². The van der Waals surface area contributed by atoms with E-state index in [-0.39, 0.29) is 16.3 Å². The highest BCUT2D eigenvalue weighted by Crippen LogP contribution is 2.27. The molecule has 0 fully saturated rings. The van der Waals surface area contributed by atoms with Crippen LogP contribution in [0.3, 0.4) is 0 Å². The average molecular weight is 361 g/mol. The lowest BCUT2D eigenvalue weighted by Crippen LogP contribution is -2.07. The number of rotatable bonds is 3.